The molecule has 0 radical (unpaired) electrons. The third-order valence-electron chi connectivity index (χ3n) is 14.2. The normalized spacial score (nSPS) is 29.0. The van der Waals surface area contributed by atoms with Crippen LogP contribution in [0.25, 0.3) is 17.4 Å². The molecular weight excluding hydrogens is 937 g/mol. The number of allylic oxidation sites excluding steroid dienone is 2. The van der Waals surface area contributed by atoms with Gasteiger partial charge in [-0.3, -0.25) is 14.6 Å². The molecule has 1 saturated carbocycles. The second-order valence-corrected chi connectivity index (χ2v) is 21.1. The predicted molar refractivity (Wildman–Crippen MR) is 269 cm³/mol. The highest BCUT2D eigenvalue weighted by Gasteiger charge is 2.69. The number of fused-ring (bicyclic) bond motifs is 2. The van der Waals surface area contributed by atoms with Crippen molar-refractivity contribution in [1.29, 1.82) is 0 Å². The number of aromatic hydroxyl groups is 1. The fraction of sp³-hybridized carbons (Fsp3) is 0.462. The van der Waals surface area contributed by atoms with Crippen LogP contribution in [0.2, 0.25) is 0 Å². The van der Waals surface area contributed by atoms with Crippen LogP contribution in [0, 0.1) is 17.8 Å². The molecule has 3 aromatic rings. The second kappa shape index (κ2) is 22.9. The molecule has 3 fully saturated rings. The molecule has 3 aromatic carbocycles. The zero-order valence-corrected chi connectivity index (χ0v) is 40.6. The SMILES string of the molecule is C[C@H](C/C=C/c1ccccc1CCCNC1CCCC1)[C@@H]1CNC[C@]2(O)[C@H](Oc3ccc4c(c3)OC(C(N)=O)C(c3ccc(O)cc3)=C4O)O[C@H](C(=O)O)[C@@H](O)[C@]2(C=O)OCSSC[C@@H]1C1=CCN=C1. The molecule has 0 aromatic heterocycles. The van der Waals surface area contributed by atoms with E-state index in [1.807, 2.05) is 6.21 Å². The summed E-state index contributed by atoms with van der Waals surface area (Å²) >= 11 is 0. The van der Waals surface area contributed by atoms with E-state index in [1.54, 1.807) is 0 Å². The van der Waals surface area contributed by atoms with E-state index in [2.05, 4.69) is 65.0 Å². The maximum absolute atomic E-state index is 13.5. The first-order valence-corrected chi connectivity index (χ1v) is 26.3. The molecule has 4 heterocycles. The fourth-order valence-electron chi connectivity index (χ4n) is 10.3. The number of nitrogens with zero attached hydrogens (tertiary/aromatic N) is 1. The molecule has 18 heteroatoms. The van der Waals surface area contributed by atoms with Crippen LogP contribution in [0.1, 0.15) is 67.7 Å². The molecule has 8 rings (SSSR count). The summed E-state index contributed by atoms with van der Waals surface area (Å²) in [6.07, 6.45) is 8.80. The monoisotopic (exact) mass is 998 g/mol. The number of ether oxygens (including phenoxy) is 4. The number of aryl methyl sites for hydroxylation is 1. The number of carboxylic acids is 1. The van der Waals surface area contributed by atoms with Crippen molar-refractivity contribution in [3.05, 3.63) is 107 Å². The smallest absolute Gasteiger partial charge is 0.335 e. The van der Waals surface area contributed by atoms with Crippen molar-refractivity contribution in [2.24, 2.45) is 28.5 Å². The number of β-amino-alcohol motifs (C(OH)–C–C–N with tert-alkyl or cyclic N) is 1. The number of aliphatic imine (C=N–C) groups is 1. The average Bonchev–Trinajstić information content (AvgIpc) is 4.09. The van der Waals surface area contributed by atoms with Crippen LogP contribution in [0.5, 0.6) is 17.2 Å². The molecule has 0 spiro atoms. The van der Waals surface area contributed by atoms with E-state index in [-0.39, 0.29) is 64.1 Å². The maximum Gasteiger partial charge on any atom is 0.335 e. The van der Waals surface area contributed by atoms with Crippen molar-refractivity contribution >= 4 is 63.4 Å². The Morgan fingerprint density at radius 3 is 2.60 bits per heavy atom. The van der Waals surface area contributed by atoms with E-state index in [9.17, 15) is 39.9 Å². The van der Waals surface area contributed by atoms with Crippen LogP contribution in [-0.4, -0.2) is 130 Å². The highest BCUT2D eigenvalue weighted by Crippen LogP contribution is 2.46. The van der Waals surface area contributed by atoms with Crippen LogP contribution >= 0.6 is 21.6 Å². The highest BCUT2D eigenvalue weighted by atomic mass is 33.1. The Morgan fingerprint density at radius 2 is 1.87 bits per heavy atom. The van der Waals surface area contributed by atoms with Gasteiger partial charge in [0.05, 0.1) is 17.7 Å². The van der Waals surface area contributed by atoms with E-state index in [4.69, 9.17) is 24.7 Å². The third kappa shape index (κ3) is 11.0. The average molecular weight is 999 g/mol. The quantitative estimate of drug-likeness (QED) is 0.0488. The predicted octanol–water partition coefficient (Wildman–Crippen LogP) is 5.69. The Hall–Kier alpha value is -5.18. The van der Waals surface area contributed by atoms with Crippen molar-refractivity contribution in [2.45, 2.75) is 93.7 Å². The van der Waals surface area contributed by atoms with Gasteiger partial charge in [0.15, 0.2) is 23.6 Å². The summed E-state index contributed by atoms with van der Waals surface area (Å²) in [5, 5.41) is 63.4. The zero-order chi connectivity index (χ0) is 49.4. The Bertz CT molecular complexity index is 2480. The van der Waals surface area contributed by atoms with Crippen LogP contribution in [-0.2, 0) is 30.3 Å². The number of aliphatic hydroxyl groups is 3. The number of nitrogens with two attached hydrogens (primary N) is 1. The maximum atomic E-state index is 13.5. The van der Waals surface area contributed by atoms with Crippen molar-refractivity contribution in [2.75, 3.05) is 37.9 Å². The minimum atomic E-state index is -2.59. The first-order valence-electron chi connectivity index (χ1n) is 23.8. The molecular formula is C52H62N4O12S2. The summed E-state index contributed by atoms with van der Waals surface area (Å²) in [7, 11) is 2.75. The largest absolute Gasteiger partial charge is 0.508 e. The van der Waals surface area contributed by atoms with Gasteiger partial charge in [-0.15, -0.1) is 0 Å². The van der Waals surface area contributed by atoms with Crippen LogP contribution in [0.3, 0.4) is 0 Å². The lowest BCUT2D eigenvalue weighted by Gasteiger charge is -2.53. The number of carbonyl (C=O) groups excluding carboxylic acids is 2. The number of carbonyl (C=O) groups is 3. The molecule has 1 aliphatic carbocycles. The molecule has 5 aliphatic rings. The molecule has 374 valence electrons. The van der Waals surface area contributed by atoms with E-state index < -0.39 is 54.2 Å². The molecule has 70 heavy (non-hydrogen) atoms. The van der Waals surface area contributed by atoms with Crippen molar-refractivity contribution in [3.8, 4) is 17.2 Å². The lowest BCUT2D eigenvalue weighted by molar-refractivity contribution is -0.340. The van der Waals surface area contributed by atoms with Gasteiger partial charge in [0, 0.05) is 30.6 Å². The molecule has 16 nitrogen and oxygen atoms in total. The first kappa shape index (κ1) is 51.2. The lowest BCUT2D eigenvalue weighted by Crippen LogP contribution is -2.80. The summed E-state index contributed by atoms with van der Waals surface area (Å²) in [6, 6.07) is 19.0. The Balaban J connectivity index is 1.06. The highest BCUT2D eigenvalue weighted by molar-refractivity contribution is 8.76. The van der Waals surface area contributed by atoms with Crippen molar-refractivity contribution in [1.82, 2.24) is 10.6 Å². The fourth-order valence-corrected chi connectivity index (χ4v) is 12.3. The summed E-state index contributed by atoms with van der Waals surface area (Å²) in [5.74, 6) is -2.64. The molecule has 1 unspecified atom stereocenters. The molecule has 1 amide bonds. The van der Waals surface area contributed by atoms with E-state index >= 15 is 0 Å². The van der Waals surface area contributed by atoms with Gasteiger partial charge >= 0.3 is 5.97 Å². The second-order valence-electron chi connectivity index (χ2n) is 18.6. The molecule has 0 bridgehead atoms. The topological polar surface area (TPSA) is 252 Å². The number of rotatable bonds is 16. The Morgan fingerprint density at radius 1 is 1.09 bits per heavy atom. The van der Waals surface area contributed by atoms with Gasteiger partial charge in [0.2, 0.25) is 12.4 Å². The van der Waals surface area contributed by atoms with Gasteiger partial charge in [0.25, 0.3) is 5.91 Å². The zero-order valence-electron chi connectivity index (χ0n) is 39.0. The number of phenolic OH excluding ortho intramolecular Hbond substituents is 1. The third-order valence-corrected chi connectivity index (χ3v) is 16.3. The van der Waals surface area contributed by atoms with E-state index in [0.717, 1.165) is 31.4 Å². The summed E-state index contributed by atoms with van der Waals surface area (Å²) < 4.78 is 24.3. The molecule has 9 N–H and O–H groups in total. The minimum Gasteiger partial charge on any atom is -0.508 e. The van der Waals surface area contributed by atoms with Crippen molar-refractivity contribution < 1.29 is 58.9 Å². The van der Waals surface area contributed by atoms with Gasteiger partial charge in [0.1, 0.15) is 35.1 Å². The number of aldehydes is 1. The number of aliphatic hydroxyl groups excluding tert-OH is 2. The van der Waals surface area contributed by atoms with Gasteiger partial charge in [-0.05, 0) is 109 Å². The number of hydrogen-bond donors (Lipinski definition) is 8. The number of nitrogens with one attached hydrogen (secondary N) is 2. The summed E-state index contributed by atoms with van der Waals surface area (Å²) in [5.41, 5.74) is 4.70. The van der Waals surface area contributed by atoms with E-state index in [1.165, 1.54) is 101 Å². The van der Waals surface area contributed by atoms with E-state index in [0.29, 0.717) is 30.4 Å². The number of phenols is 1. The molecule has 9 atom stereocenters. The van der Waals surface area contributed by atoms with Gasteiger partial charge in [-0.2, -0.15) is 0 Å². The van der Waals surface area contributed by atoms with Crippen LogP contribution < -0.4 is 25.8 Å². The number of aliphatic carboxylic acids is 1. The lowest BCUT2D eigenvalue weighted by atomic mass is 9.73. The first-order chi connectivity index (χ1) is 33.8. The van der Waals surface area contributed by atoms with Gasteiger partial charge in [-0.25, -0.2) is 4.79 Å². The van der Waals surface area contributed by atoms with Gasteiger partial charge in [-0.1, -0.05) is 96.0 Å². The molecule has 2 saturated heterocycles. The minimum absolute atomic E-state index is 0.0144. The Labute approximate surface area is 415 Å². The van der Waals surface area contributed by atoms with Crippen molar-refractivity contribution in [3.63, 3.8) is 0 Å². The molecule has 4 aliphatic heterocycles. The van der Waals surface area contributed by atoms with Crippen LogP contribution in [0.4, 0.5) is 0 Å². The summed E-state index contributed by atoms with van der Waals surface area (Å²) in [6.45, 7) is 3.59. The number of amides is 1. The number of benzene rings is 3. The number of hydrogen-bond acceptors (Lipinski definition) is 16. The standard InChI is InChI=1S/C52H62N4O12S2/c1-31(8-6-11-32-9-2-3-10-33(32)12-7-22-56-36-13-4-5-14-36)40-26-55-28-51(64)50(68-46(49(62)63)47(60)52(51,29-57)65-30-70-69-27-41(40)35-21-23-54-25-35)66-38-19-20-39-42(24-38)67-45(48(53)61)43(44(39)59)34-15-17-37(58)18-16-34/h2-3,6,9-11,15-21,24-25,29,31,36,40-41,45-47,50,55-56,58-60,64H,4-5,7-8,12-14,22-23,26-28,30H2,1H3,(H2,53,61)(H,62,63)/b11-6+/t31-,40+,41-,45?,46+,47-,50-,51+,52+/m1/s1. The van der Waals surface area contributed by atoms with Crippen LogP contribution in [0.15, 0.2) is 89.4 Å². The van der Waals surface area contributed by atoms with Gasteiger partial charge < -0.3 is 60.8 Å². The number of carboxylic acid groups (broad SMARTS) is 1. The number of primary amides is 1. The Kier molecular flexibility index (Phi) is 16.8. The summed E-state index contributed by atoms with van der Waals surface area (Å²) in [4.78, 5) is 43.4.